The Labute approximate surface area is 62.5 Å². The van der Waals surface area contributed by atoms with Gasteiger partial charge in [0, 0.05) is 14.1 Å². The van der Waals surface area contributed by atoms with Gasteiger partial charge in [-0.2, -0.15) is 0 Å². The molecule has 3 nitrogen and oxygen atoms in total. The van der Waals surface area contributed by atoms with Gasteiger partial charge < -0.3 is 4.90 Å². The Morgan fingerprint density at radius 2 is 1.70 bits per heavy atom. The minimum atomic E-state index is -0.578. The standard InChI is InChI=1S/C6H6ClNO2/c1-8(2)4-3(7)5(9)6(4)10/h1-2H3. The summed E-state index contributed by atoms with van der Waals surface area (Å²) >= 11 is 5.42. The Balaban J connectivity index is 3.23. The van der Waals surface area contributed by atoms with Crippen molar-refractivity contribution < 1.29 is 0 Å². The van der Waals surface area contributed by atoms with Crippen LogP contribution in [0.25, 0.3) is 0 Å². The summed E-state index contributed by atoms with van der Waals surface area (Å²) in [6.07, 6.45) is 0. The molecule has 0 bridgehead atoms. The number of halogens is 1. The molecule has 0 saturated heterocycles. The van der Waals surface area contributed by atoms with Gasteiger partial charge in [-0.3, -0.25) is 9.59 Å². The number of hydrogen-bond acceptors (Lipinski definition) is 3. The first-order chi connectivity index (χ1) is 4.55. The van der Waals surface area contributed by atoms with Gasteiger partial charge in [-0.1, -0.05) is 11.6 Å². The lowest BCUT2D eigenvalue weighted by Crippen LogP contribution is -2.37. The van der Waals surface area contributed by atoms with E-state index in [2.05, 4.69) is 0 Å². The second kappa shape index (κ2) is 2.09. The predicted molar refractivity (Wildman–Crippen MR) is 40.7 cm³/mol. The van der Waals surface area contributed by atoms with E-state index in [4.69, 9.17) is 11.6 Å². The van der Waals surface area contributed by atoms with E-state index >= 15 is 0 Å². The zero-order chi connectivity index (χ0) is 7.89. The van der Waals surface area contributed by atoms with Crippen LogP contribution in [0.1, 0.15) is 0 Å². The fourth-order valence-corrected chi connectivity index (χ4v) is 1.09. The summed E-state index contributed by atoms with van der Waals surface area (Å²) in [5.74, 6) is 0. The van der Waals surface area contributed by atoms with Crippen LogP contribution in [0, 0.1) is 0 Å². The van der Waals surface area contributed by atoms with Crippen molar-refractivity contribution in [1.82, 2.24) is 0 Å². The van der Waals surface area contributed by atoms with Crippen molar-refractivity contribution in [1.29, 1.82) is 0 Å². The van der Waals surface area contributed by atoms with Gasteiger partial charge in [-0.25, -0.2) is 0 Å². The Morgan fingerprint density at radius 1 is 1.20 bits per heavy atom. The molecule has 54 valence electrons. The summed E-state index contributed by atoms with van der Waals surface area (Å²) in [5, 5.41) is 0.0509. The van der Waals surface area contributed by atoms with E-state index < -0.39 is 10.9 Å². The van der Waals surface area contributed by atoms with E-state index in [0.717, 1.165) is 0 Å². The summed E-state index contributed by atoms with van der Waals surface area (Å²) in [4.78, 5) is 22.7. The highest BCUT2D eigenvalue weighted by Gasteiger charge is 2.19. The van der Waals surface area contributed by atoms with Crippen molar-refractivity contribution in [2.24, 2.45) is 0 Å². The van der Waals surface area contributed by atoms with Gasteiger partial charge in [-0.15, -0.1) is 0 Å². The normalized spacial score (nSPS) is 10.3. The molecule has 0 atom stereocenters. The summed E-state index contributed by atoms with van der Waals surface area (Å²) in [5.41, 5.74) is -0.757. The second-order valence-electron chi connectivity index (χ2n) is 2.22. The first kappa shape index (κ1) is 7.28. The molecule has 0 saturated carbocycles. The van der Waals surface area contributed by atoms with Crippen LogP contribution in [0.4, 0.5) is 5.69 Å². The van der Waals surface area contributed by atoms with Crippen LogP contribution in [-0.4, -0.2) is 14.1 Å². The molecule has 1 rings (SSSR count). The topological polar surface area (TPSA) is 37.4 Å². The highest BCUT2D eigenvalue weighted by Crippen LogP contribution is 2.15. The minimum absolute atomic E-state index is 0.0509. The van der Waals surface area contributed by atoms with E-state index in [1.54, 1.807) is 14.1 Å². The van der Waals surface area contributed by atoms with E-state index in [1.165, 1.54) is 4.90 Å². The highest BCUT2D eigenvalue weighted by molar-refractivity contribution is 6.34. The predicted octanol–water partition coefficient (Wildman–Crippen LogP) is 0.00200. The molecule has 0 radical (unpaired) electrons. The largest absolute Gasteiger partial charge is 0.373 e. The molecule has 10 heavy (non-hydrogen) atoms. The smallest absolute Gasteiger partial charge is 0.252 e. The summed E-state index contributed by atoms with van der Waals surface area (Å²) in [6, 6.07) is 0. The molecule has 0 spiro atoms. The number of nitrogens with zero attached hydrogens (tertiary/aromatic N) is 1. The Morgan fingerprint density at radius 3 is 1.90 bits per heavy atom. The molecule has 0 aliphatic carbocycles. The zero-order valence-corrected chi connectivity index (χ0v) is 6.40. The van der Waals surface area contributed by atoms with Gasteiger partial charge in [-0.05, 0) is 0 Å². The summed E-state index contributed by atoms with van der Waals surface area (Å²) in [7, 11) is 3.34. The van der Waals surface area contributed by atoms with E-state index in [1.807, 2.05) is 0 Å². The quantitative estimate of drug-likeness (QED) is 0.542. The Hall–Kier alpha value is -0.830. The molecule has 0 N–H and O–H groups in total. The van der Waals surface area contributed by atoms with Crippen LogP contribution in [0.2, 0.25) is 5.02 Å². The number of rotatable bonds is 1. The molecule has 0 unspecified atom stereocenters. The zero-order valence-electron chi connectivity index (χ0n) is 5.64. The van der Waals surface area contributed by atoms with Crippen LogP contribution in [0.15, 0.2) is 9.59 Å². The second-order valence-corrected chi connectivity index (χ2v) is 2.59. The number of hydrogen-bond donors (Lipinski definition) is 0. The minimum Gasteiger partial charge on any atom is -0.373 e. The van der Waals surface area contributed by atoms with Gasteiger partial charge >= 0.3 is 0 Å². The molecule has 0 aromatic heterocycles. The molecule has 0 heterocycles. The van der Waals surface area contributed by atoms with E-state index in [-0.39, 0.29) is 5.02 Å². The van der Waals surface area contributed by atoms with Gasteiger partial charge in [0.05, 0.1) is 0 Å². The monoisotopic (exact) mass is 159 g/mol. The van der Waals surface area contributed by atoms with E-state index in [9.17, 15) is 9.59 Å². The van der Waals surface area contributed by atoms with Gasteiger partial charge in [0.25, 0.3) is 5.43 Å². The molecule has 0 fully saturated rings. The van der Waals surface area contributed by atoms with Gasteiger partial charge in [0.1, 0.15) is 10.7 Å². The lowest BCUT2D eigenvalue weighted by molar-refractivity contribution is 1.09. The Kier molecular flexibility index (Phi) is 1.52. The van der Waals surface area contributed by atoms with Crippen LogP contribution < -0.4 is 15.8 Å². The van der Waals surface area contributed by atoms with Crippen molar-refractivity contribution in [2.45, 2.75) is 0 Å². The summed E-state index contributed by atoms with van der Waals surface area (Å²) in [6.45, 7) is 0. The lowest BCUT2D eigenvalue weighted by Gasteiger charge is -2.13. The third-order valence-corrected chi connectivity index (χ3v) is 1.63. The average molecular weight is 160 g/mol. The third-order valence-electron chi connectivity index (χ3n) is 1.28. The maximum absolute atomic E-state index is 10.7. The van der Waals surface area contributed by atoms with Crippen LogP contribution in [-0.2, 0) is 0 Å². The molecule has 0 aliphatic heterocycles. The van der Waals surface area contributed by atoms with Crippen molar-refractivity contribution in [3.8, 4) is 0 Å². The van der Waals surface area contributed by atoms with E-state index in [0.29, 0.717) is 5.69 Å². The number of anilines is 1. The first-order valence-corrected chi connectivity index (χ1v) is 3.09. The maximum Gasteiger partial charge on any atom is 0.252 e. The van der Waals surface area contributed by atoms with Crippen molar-refractivity contribution >= 4 is 17.3 Å². The molecule has 1 aromatic carbocycles. The fourth-order valence-electron chi connectivity index (χ4n) is 0.751. The molecule has 0 aliphatic rings. The van der Waals surface area contributed by atoms with Crippen molar-refractivity contribution in [3.05, 3.63) is 25.5 Å². The van der Waals surface area contributed by atoms with Crippen LogP contribution in [0.3, 0.4) is 0 Å². The molecule has 1 aromatic rings. The maximum atomic E-state index is 10.7. The molecular weight excluding hydrogens is 154 g/mol. The lowest BCUT2D eigenvalue weighted by atomic mass is 10.2. The Bertz CT molecular complexity index is 322. The fraction of sp³-hybridized carbons (Fsp3) is 0.333. The molecule has 0 amide bonds. The third kappa shape index (κ3) is 0.743. The first-order valence-electron chi connectivity index (χ1n) is 2.72. The molecular formula is C6H6ClNO2. The van der Waals surface area contributed by atoms with Crippen molar-refractivity contribution in [2.75, 3.05) is 19.0 Å². The van der Waals surface area contributed by atoms with Crippen molar-refractivity contribution in [3.63, 3.8) is 0 Å². The SMILES string of the molecule is CN(C)c1c(Cl)c(=O)c1=O. The van der Waals surface area contributed by atoms with Gasteiger partial charge in [0.2, 0.25) is 5.43 Å². The summed E-state index contributed by atoms with van der Waals surface area (Å²) < 4.78 is 0. The molecule has 4 heteroatoms. The van der Waals surface area contributed by atoms with Gasteiger partial charge in [0.15, 0.2) is 0 Å². The highest BCUT2D eigenvalue weighted by atomic mass is 35.5. The van der Waals surface area contributed by atoms with Crippen LogP contribution in [0.5, 0.6) is 0 Å². The van der Waals surface area contributed by atoms with Crippen LogP contribution >= 0.6 is 11.6 Å². The average Bonchev–Trinajstić information content (AvgIpc) is 1.87.